The summed E-state index contributed by atoms with van der Waals surface area (Å²) in [7, 11) is 0. The lowest BCUT2D eigenvalue weighted by Gasteiger charge is -2.25. The Labute approximate surface area is 110 Å². The van der Waals surface area contributed by atoms with E-state index in [1.807, 2.05) is 11.5 Å². The molecular weight excluding hydrogens is 248 g/mol. The minimum absolute atomic E-state index is 0.373. The summed E-state index contributed by atoms with van der Waals surface area (Å²) in [5, 5.41) is 4.71. The van der Waals surface area contributed by atoms with E-state index < -0.39 is 0 Å². The van der Waals surface area contributed by atoms with Gasteiger partial charge in [0, 0.05) is 6.04 Å². The summed E-state index contributed by atoms with van der Waals surface area (Å²) in [5.41, 5.74) is 7.47. The highest BCUT2D eigenvalue weighted by molar-refractivity contribution is 7.71. The van der Waals surface area contributed by atoms with Gasteiger partial charge in [0.05, 0.1) is 5.69 Å². The third-order valence-corrected chi connectivity index (χ3v) is 3.99. The highest BCUT2D eigenvalue weighted by Gasteiger charge is 2.21. The van der Waals surface area contributed by atoms with Crippen LogP contribution in [0.25, 0.3) is 11.1 Å². The molecular formula is C12H16N4OS. The van der Waals surface area contributed by atoms with Gasteiger partial charge in [-0.05, 0) is 32.0 Å². The second kappa shape index (κ2) is 4.35. The molecule has 0 unspecified atom stereocenters. The molecule has 3 rings (SSSR count). The molecule has 5 nitrogen and oxygen atoms in total. The van der Waals surface area contributed by atoms with Gasteiger partial charge in [0.15, 0.2) is 0 Å². The molecule has 0 amide bonds. The fourth-order valence-corrected chi connectivity index (χ4v) is 3.12. The summed E-state index contributed by atoms with van der Waals surface area (Å²) in [5.74, 6) is 0.649. The maximum absolute atomic E-state index is 6.25. The van der Waals surface area contributed by atoms with Crippen LogP contribution < -0.4 is 5.73 Å². The first-order valence-electron chi connectivity index (χ1n) is 6.32. The standard InChI is InChI=1S/C12H16N4OS/c1-7-9-10(13)16(8-5-3-2-4-6-8)12(18)14-11(9)17-15-7/h8H,2-6,13H2,1H3. The Hall–Kier alpha value is -1.43. The molecule has 1 saturated carbocycles. The molecule has 0 atom stereocenters. The van der Waals surface area contributed by atoms with E-state index in [-0.39, 0.29) is 0 Å². The van der Waals surface area contributed by atoms with E-state index in [0.717, 1.165) is 23.9 Å². The lowest BCUT2D eigenvalue weighted by molar-refractivity contribution is 0.350. The molecule has 0 aliphatic heterocycles. The van der Waals surface area contributed by atoms with Gasteiger partial charge in [0.2, 0.25) is 4.77 Å². The largest absolute Gasteiger partial charge is 0.384 e. The number of aromatic nitrogens is 3. The molecule has 2 aromatic heterocycles. The third-order valence-electron chi connectivity index (χ3n) is 3.70. The van der Waals surface area contributed by atoms with Gasteiger partial charge in [0.25, 0.3) is 5.71 Å². The zero-order chi connectivity index (χ0) is 12.7. The van der Waals surface area contributed by atoms with Crippen LogP contribution in [0.1, 0.15) is 43.8 Å². The van der Waals surface area contributed by atoms with E-state index in [0.29, 0.717) is 22.3 Å². The molecule has 1 fully saturated rings. The second-order valence-corrected chi connectivity index (χ2v) is 5.25. The van der Waals surface area contributed by atoms with Gasteiger partial charge in [-0.1, -0.05) is 24.4 Å². The molecule has 0 aromatic carbocycles. The maximum Gasteiger partial charge on any atom is 0.264 e. The normalized spacial score (nSPS) is 17.4. The van der Waals surface area contributed by atoms with Crippen molar-refractivity contribution in [2.24, 2.45) is 0 Å². The van der Waals surface area contributed by atoms with Crippen LogP contribution in [-0.4, -0.2) is 14.7 Å². The maximum atomic E-state index is 6.25. The van der Waals surface area contributed by atoms with E-state index >= 15 is 0 Å². The Kier molecular flexibility index (Phi) is 2.81. The number of hydrogen-bond donors (Lipinski definition) is 1. The molecule has 0 spiro atoms. The quantitative estimate of drug-likeness (QED) is 0.801. The van der Waals surface area contributed by atoms with Crippen LogP contribution in [0.5, 0.6) is 0 Å². The molecule has 2 N–H and O–H groups in total. The first-order chi connectivity index (χ1) is 8.68. The van der Waals surface area contributed by atoms with Crippen LogP contribution >= 0.6 is 12.2 Å². The molecule has 1 aliphatic carbocycles. The molecule has 6 heteroatoms. The summed E-state index contributed by atoms with van der Waals surface area (Å²) >= 11 is 5.34. The number of nitrogens with two attached hydrogens (primary N) is 1. The molecule has 18 heavy (non-hydrogen) atoms. The Balaban J connectivity index is 2.21. The van der Waals surface area contributed by atoms with E-state index in [1.54, 1.807) is 0 Å². The highest BCUT2D eigenvalue weighted by atomic mass is 32.1. The van der Waals surface area contributed by atoms with Gasteiger partial charge in [-0.3, -0.25) is 4.57 Å². The van der Waals surface area contributed by atoms with Crippen molar-refractivity contribution in [3.05, 3.63) is 10.5 Å². The van der Waals surface area contributed by atoms with E-state index in [1.165, 1.54) is 19.3 Å². The first kappa shape index (κ1) is 11.6. The van der Waals surface area contributed by atoms with E-state index in [9.17, 15) is 0 Å². The Morgan fingerprint density at radius 2 is 2.06 bits per heavy atom. The van der Waals surface area contributed by atoms with E-state index in [4.69, 9.17) is 22.5 Å². The van der Waals surface area contributed by atoms with Crippen molar-refractivity contribution >= 4 is 29.1 Å². The number of aryl methyl sites for hydroxylation is 1. The van der Waals surface area contributed by atoms with Crippen molar-refractivity contribution in [1.82, 2.24) is 14.7 Å². The average molecular weight is 264 g/mol. The average Bonchev–Trinajstić information content (AvgIpc) is 2.72. The molecule has 2 aromatic rings. The molecule has 0 saturated heterocycles. The number of anilines is 1. The summed E-state index contributed by atoms with van der Waals surface area (Å²) in [4.78, 5) is 4.30. The number of nitrogens with zero attached hydrogens (tertiary/aromatic N) is 3. The summed E-state index contributed by atoms with van der Waals surface area (Å²) in [6.07, 6.45) is 6.00. The van der Waals surface area contributed by atoms with Crippen LogP contribution in [0.4, 0.5) is 5.82 Å². The number of fused-ring (bicyclic) bond motifs is 1. The second-order valence-electron chi connectivity index (χ2n) is 4.89. The van der Waals surface area contributed by atoms with Crippen molar-refractivity contribution in [3.63, 3.8) is 0 Å². The third kappa shape index (κ3) is 1.71. The molecule has 96 valence electrons. The van der Waals surface area contributed by atoms with Gasteiger partial charge < -0.3 is 10.3 Å². The number of nitrogen functional groups attached to an aromatic ring is 1. The highest BCUT2D eigenvalue weighted by Crippen LogP contribution is 2.33. The topological polar surface area (TPSA) is 69.9 Å². The van der Waals surface area contributed by atoms with Crippen molar-refractivity contribution < 1.29 is 4.52 Å². The summed E-state index contributed by atoms with van der Waals surface area (Å²) < 4.78 is 7.62. The predicted octanol–water partition coefficient (Wildman–Crippen LogP) is 3.15. The first-order valence-corrected chi connectivity index (χ1v) is 6.73. The monoisotopic (exact) mass is 264 g/mol. The van der Waals surface area contributed by atoms with Gasteiger partial charge in [0.1, 0.15) is 11.2 Å². The fourth-order valence-electron chi connectivity index (χ4n) is 2.79. The fraction of sp³-hybridized carbons (Fsp3) is 0.583. The van der Waals surface area contributed by atoms with Crippen LogP contribution in [-0.2, 0) is 0 Å². The van der Waals surface area contributed by atoms with Crippen LogP contribution in [0, 0.1) is 11.7 Å². The lowest BCUT2D eigenvalue weighted by Crippen LogP contribution is -2.18. The van der Waals surface area contributed by atoms with Gasteiger partial charge in [-0.25, -0.2) is 0 Å². The lowest BCUT2D eigenvalue weighted by atomic mass is 9.95. The van der Waals surface area contributed by atoms with Gasteiger partial charge >= 0.3 is 0 Å². The van der Waals surface area contributed by atoms with Crippen molar-refractivity contribution in [2.45, 2.75) is 45.1 Å². The van der Waals surface area contributed by atoms with Crippen LogP contribution in [0.2, 0.25) is 0 Å². The zero-order valence-electron chi connectivity index (χ0n) is 10.3. The van der Waals surface area contributed by atoms with Crippen molar-refractivity contribution in [1.29, 1.82) is 0 Å². The minimum Gasteiger partial charge on any atom is -0.384 e. The van der Waals surface area contributed by atoms with Gasteiger partial charge in [-0.15, -0.1) is 0 Å². The van der Waals surface area contributed by atoms with E-state index in [2.05, 4.69) is 10.1 Å². The summed E-state index contributed by atoms with van der Waals surface area (Å²) in [6.45, 7) is 1.87. The Bertz CT molecular complexity index is 639. The smallest absolute Gasteiger partial charge is 0.264 e. The number of rotatable bonds is 1. The predicted molar refractivity (Wildman–Crippen MR) is 71.9 cm³/mol. The molecule has 2 heterocycles. The Morgan fingerprint density at radius 1 is 1.33 bits per heavy atom. The van der Waals surface area contributed by atoms with Crippen molar-refractivity contribution in [2.75, 3.05) is 5.73 Å². The minimum atomic E-state index is 0.373. The summed E-state index contributed by atoms with van der Waals surface area (Å²) in [6, 6.07) is 0.373. The molecule has 0 bridgehead atoms. The SMILES string of the molecule is Cc1noc2nc(=S)n(C3CCCCC3)c(N)c12. The molecule has 1 aliphatic rings. The Morgan fingerprint density at radius 3 is 2.78 bits per heavy atom. The zero-order valence-corrected chi connectivity index (χ0v) is 11.2. The van der Waals surface area contributed by atoms with Gasteiger partial charge in [-0.2, -0.15) is 4.98 Å². The molecule has 0 radical (unpaired) electrons. The van der Waals surface area contributed by atoms with Crippen LogP contribution in [0.15, 0.2) is 4.52 Å². The van der Waals surface area contributed by atoms with Crippen LogP contribution in [0.3, 0.4) is 0 Å². The van der Waals surface area contributed by atoms with Crippen molar-refractivity contribution in [3.8, 4) is 0 Å². The number of hydrogen-bond acceptors (Lipinski definition) is 5.